The minimum Gasteiger partial charge on any atom is -0.481 e. The molecule has 1 aromatic carbocycles. The molecule has 3 nitrogen and oxygen atoms in total. The molecule has 2 unspecified atom stereocenters. The topological polar surface area (TPSA) is 63.3 Å². The number of hydrogen-bond acceptors (Lipinski definition) is 2. The van der Waals surface area contributed by atoms with Gasteiger partial charge in [0.2, 0.25) is 0 Å². The Hall–Kier alpha value is -1.35. The minimum atomic E-state index is -0.763. The number of carboxylic acids is 1. The largest absolute Gasteiger partial charge is 0.481 e. The first kappa shape index (κ1) is 13.1. The van der Waals surface area contributed by atoms with Crippen LogP contribution in [0, 0.1) is 5.41 Å². The summed E-state index contributed by atoms with van der Waals surface area (Å²) in [6.07, 6.45) is 2.48. The Morgan fingerprint density at radius 2 is 1.83 bits per heavy atom. The highest BCUT2D eigenvalue weighted by molar-refractivity contribution is 5.79. The molecule has 1 aliphatic rings. The smallest absolute Gasteiger partial charge is 0.311 e. The number of carbonyl (C=O) groups is 1. The molecule has 1 fully saturated rings. The Morgan fingerprint density at radius 1 is 1.33 bits per heavy atom. The van der Waals surface area contributed by atoms with Crippen LogP contribution in [0.2, 0.25) is 0 Å². The third kappa shape index (κ3) is 2.15. The van der Waals surface area contributed by atoms with Crippen LogP contribution in [0.15, 0.2) is 24.3 Å². The maximum Gasteiger partial charge on any atom is 0.311 e. The highest BCUT2D eigenvalue weighted by Gasteiger charge is 2.55. The van der Waals surface area contributed by atoms with E-state index < -0.39 is 11.4 Å². The number of nitrogens with two attached hydrogens (primary N) is 1. The Bertz CT molecular complexity index is 434. The van der Waals surface area contributed by atoms with Crippen molar-refractivity contribution in [2.24, 2.45) is 11.1 Å². The Morgan fingerprint density at radius 3 is 2.22 bits per heavy atom. The van der Waals surface area contributed by atoms with E-state index in [9.17, 15) is 9.90 Å². The van der Waals surface area contributed by atoms with Gasteiger partial charge in [-0.15, -0.1) is 0 Å². The van der Waals surface area contributed by atoms with E-state index in [0.29, 0.717) is 18.8 Å². The fourth-order valence-electron chi connectivity index (χ4n) is 2.38. The summed E-state index contributed by atoms with van der Waals surface area (Å²) in [4.78, 5) is 11.2. The van der Waals surface area contributed by atoms with Gasteiger partial charge in [-0.1, -0.05) is 38.1 Å². The number of benzene rings is 1. The van der Waals surface area contributed by atoms with Gasteiger partial charge in [0, 0.05) is 6.04 Å². The summed E-state index contributed by atoms with van der Waals surface area (Å²) in [5.41, 5.74) is 7.62. The zero-order chi connectivity index (χ0) is 13.3. The molecule has 3 heteroatoms. The summed E-state index contributed by atoms with van der Waals surface area (Å²) in [5, 5.41) is 9.24. The molecule has 3 N–H and O–H groups in total. The van der Waals surface area contributed by atoms with E-state index in [0.717, 1.165) is 12.0 Å². The van der Waals surface area contributed by atoms with Crippen LogP contribution in [-0.4, -0.2) is 11.1 Å². The van der Waals surface area contributed by atoms with E-state index in [4.69, 9.17) is 5.73 Å². The number of hydrogen-bond donors (Lipinski definition) is 2. The predicted octanol–water partition coefficient (Wildman–Crippen LogP) is 3.06. The van der Waals surface area contributed by atoms with Crippen molar-refractivity contribution in [3.05, 3.63) is 35.4 Å². The molecule has 2 atom stereocenters. The molecule has 0 heterocycles. The van der Waals surface area contributed by atoms with E-state index in [1.165, 1.54) is 5.56 Å². The standard InChI is InChI=1S/C15H21NO2/c1-3-10(2)11-4-6-12(7-5-11)13(16)15(8-9-15)14(17)18/h4-7,10,13H,3,8-9,16H2,1-2H3,(H,17,18). The SMILES string of the molecule is CCC(C)c1ccc(C(N)C2(C(=O)O)CC2)cc1. The van der Waals surface area contributed by atoms with Crippen LogP contribution < -0.4 is 5.73 Å². The van der Waals surface area contributed by atoms with Crippen LogP contribution in [0.5, 0.6) is 0 Å². The third-order valence-electron chi connectivity index (χ3n) is 4.29. The van der Waals surface area contributed by atoms with Crippen LogP contribution in [-0.2, 0) is 4.79 Å². The Balaban J connectivity index is 2.17. The predicted molar refractivity (Wildman–Crippen MR) is 71.4 cm³/mol. The van der Waals surface area contributed by atoms with E-state index in [1.807, 2.05) is 12.1 Å². The summed E-state index contributed by atoms with van der Waals surface area (Å²) in [7, 11) is 0. The van der Waals surface area contributed by atoms with E-state index in [2.05, 4.69) is 26.0 Å². The van der Waals surface area contributed by atoms with Crippen LogP contribution in [0.3, 0.4) is 0 Å². The highest BCUT2D eigenvalue weighted by atomic mass is 16.4. The van der Waals surface area contributed by atoms with Crippen LogP contribution in [0.4, 0.5) is 0 Å². The van der Waals surface area contributed by atoms with Crippen LogP contribution in [0.1, 0.15) is 56.2 Å². The van der Waals surface area contributed by atoms with Crippen molar-refractivity contribution < 1.29 is 9.90 Å². The average Bonchev–Trinajstić information content (AvgIpc) is 3.18. The maximum atomic E-state index is 11.2. The molecular weight excluding hydrogens is 226 g/mol. The molecule has 18 heavy (non-hydrogen) atoms. The number of rotatable bonds is 5. The zero-order valence-corrected chi connectivity index (χ0v) is 11.0. The fourth-order valence-corrected chi connectivity index (χ4v) is 2.38. The lowest BCUT2D eigenvalue weighted by Crippen LogP contribution is -2.29. The molecule has 2 rings (SSSR count). The number of aliphatic carboxylic acids is 1. The summed E-state index contributed by atoms with van der Waals surface area (Å²) >= 11 is 0. The molecule has 0 saturated heterocycles. The second kappa shape index (κ2) is 4.73. The second-order valence-electron chi connectivity index (χ2n) is 5.41. The van der Waals surface area contributed by atoms with Crippen molar-refractivity contribution in [1.82, 2.24) is 0 Å². The second-order valence-corrected chi connectivity index (χ2v) is 5.41. The lowest BCUT2D eigenvalue weighted by Gasteiger charge is -2.20. The van der Waals surface area contributed by atoms with E-state index in [-0.39, 0.29) is 6.04 Å². The van der Waals surface area contributed by atoms with Gasteiger partial charge in [-0.3, -0.25) is 4.79 Å². The van der Waals surface area contributed by atoms with Crippen molar-refractivity contribution in [1.29, 1.82) is 0 Å². The summed E-state index contributed by atoms with van der Waals surface area (Å²) in [6.45, 7) is 4.35. The molecule has 0 amide bonds. The first-order valence-electron chi connectivity index (χ1n) is 6.60. The fraction of sp³-hybridized carbons (Fsp3) is 0.533. The molecule has 0 spiro atoms. The molecule has 0 aliphatic heterocycles. The highest BCUT2D eigenvalue weighted by Crippen LogP contribution is 2.54. The molecule has 0 aromatic heterocycles. The zero-order valence-electron chi connectivity index (χ0n) is 11.0. The summed E-state index contributed by atoms with van der Waals surface area (Å²) in [6, 6.07) is 7.72. The van der Waals surface area contributed by atoms with Gasteiger partial charge in [0.1, 0.15) is 0 Å². The van der Waals surface area contributed by atoms with Crippen LogP contribution >= 0.6 is 0 Å². The van der Waals surface area contributed by atoms with E-state index in [1.54, 1.807) is 0 Å². The van der Waals surface area contributed by atoms with Gasteiger partial charge in [0.25, 0.3) is 0 Å². The third-order valence-corrected chi connectivity index (χ3v) is 4.29. The van der Waals surface area contributed by atoms with Gasteiger partial charge >= 0.3 is 5.97 Å². The molecule has 0 radical (unpaired) electrons. The molecule has 0 bridgehead atoms. The summed E-state index contributed by atoms with van der Waals surface area (Å²) in [5.74, 6) is -0.231. The monoisotopic (exact) mass is 247 g/mol. The molecule has 1 aliphatic carbocycles. The molecule has 1 saturated carbocycles. The lowest BCUT2D eigenvalue weighted by atomic mass is 9.89. The molecule has 1 aromatic rings. The Kier molecular flexibility index (Phi) is 3.44. The molecule has 98 valence electrons. The van der Waals surface area contributed by atoms with Gasteiger partial charge in [0.05, 0.1) is 5.41 Å². The molecular formula is C15H21NO2. The average molecular weight is 247 g/mol. The maximum absolute atomic E-state index is 11.2. The number of carboxylic acid groups (broad SMARTS) is 1. The Labute approximate surface area is 108 Å². The van der Waals surface area contributed by atoms with Crippen molar-refractivity contribution in [3.8, 4) is 0 Å². The van der Waals surface area contributed by atoms with Crippen molar-refractivity contribution in [2.75, 3.05) is 0 Å². The van der Waals surface area contributed by atoms with Gasteiger partial charge in [-0.05, 0) is 36.3 Å². The van der Waals surface area contributed by atoms with Gasteiger partial charge < -0.3 is 10.8 Å². The lowest BCUT2D eigenvalue weighted by molar-refractivity contribution is -0.144. The quantitative estimate of drug-likeness (QED) is 0.840. The minimum absolute atomic E-state index is 0.388. The normalized spacial score (nSPS) is 20.2. The van der Waals surface area contributed by atoms with Gasteiger partial charge in [0.15, 0.2) is 0 Å². The van der Waals surface area contributed by atoms with Crippen molar-refractivity contribution >= 4 is 5.97 Å². The van der Waals surface area contributed by atoms with Crippen LogP contribution in [0.25, 0.3) is 0 Å². The van der Waals surface area contributed by atoms with Crippen molar-refractivity contribution in [3.63, 3.8) is 0 Å². The summed E-state index contributed by atoms with van der Waals surface area (Å²) < 4.78 is 0. The first-order chi connectivity index (χ1) is 8.51. The van der Waals surface area contributed by atoms with Gasteiger partial charge in [-0.25, -0.2) is 0 Å². The van der Waals surface area contributed by atoms with Crippen molar-refractivity contribution in [2.45, 2.75) is 45.1 Å². The van der Waals surface area contributed by atoms with E-state index >= 15 is 0 Å². The van der Waals surface area contributed by atoms with Gasteiger partial charge in [-0.2, -0.15) is 0 Å². The first-order valence-corrected chi connectivity index (χ1v) is 6.60.